The van der Waals surface area contributed by atoms with Crippen molar-refractivity contribution in [1.82, 2.24) is 9.78 Å². The van der Waals surface area contributed by atoms with Gasteiger partial charge < -0.3 is 4.74 Å². The zero-order chi connectivity index (χ0) is 14.1. The molecule has 0 N–H and O–H groups in total. The zero-order valence-corrected chi connectivity index (χ0v) is 14.6. The van der Waals surface area contributed by atoms with Gasteiger partial charge in [0, 0.05) is 9.86 Å². The van der Waals surface area contributed by atoms with Crippen molar-refractivity contribution >= 4 is 49.4 Å². The first-order valence-electron chi connectivity index (χ1n) is 6.12. The van der Waals surface area contributed by atoms with E-state index in [1.54, 1.807) is 7.11 Å². The van der Waals surface area contributed by atoms with Crippen molar-refractivity contribution in [3.8, 4) is 5.75 Å². The number of fused-ring (bicyclic) bond motifs is 1. The van der Waals surface area contributed by atoms with Crippen LogP contribution in [0, 0.1) is 3.70 Å². The molecule has 0 aliphatic rings. The molecule has 102 valence electrons. The van der Waals surface area contributed by atoms with E-state index in [4.69, 9.17) is 4.74 Å². The van der Waals surface area contributed by atoms with Gasteiger partial charge in [-0.2, -0.15) is 5.10 Å². The van der Waals surface area contributed by atoms with Gasteiger partial charge in [0.25, 0.3) is 0 Å². The van der Waals surface area contributed by atoms with Crippen LogP contribution in [0.4, 0.5) is 0 Å². The van der Waals surface area contributed by atoms with Crippen molar-refractivity contribution in [3.63, 3.8) is 0 Å². The van der Waals surface area contributed by atoms with Gasteiger partial charge in [-0.3, -0.25) is 4.68 Å². The molecule has 3 nitrogen and oxygen atoms in total. The third-order valence-electron chi connectivity index (χ3n) is 3.18. The Morgan fingerprint density at radius 2 is 1.95 bits per heavy atom. The Morgan fingerprint density at radius 3 is 2.65 bits per heavy atom. The van der Waals surface area contributed by atoms with E-state index in [1.165, 1.54) is 10.9 Å². The Bertz CT molecular complexity index is 752. The number of benzene rings is 2. The maximum atomic E-state index is 5.18. The van der Waals surface area contributed by atoms with Crippen LogP contribution in [0.3, 0.4) is 0 Å². The van der Waals surface area contributed by atoms with Crippen LogP contribution in [-0.4, -0.2) is 16.9 Å². The molecule has 0 aliphatic carbocycles. The fourth-order valence-corrected chi connectivity index (χ4v) is 3.91. The van der Waals surface area contributed by atoms with Gasteiger partial charge in [-0.15, -0.1) is 0 Å². The van der Waals surface area contributed by atoms with Crippen LogP contribution < -0.4 is 4.74 Å². The van der Waals surface area contributed by atoms with Crippen LogP contribution in [0.25, 0.3) is 10.9 Å². The summed E-state index contributed by atoms with van der Waals surface area (Å²) < 4.78 is 9.31. The smallest absolute Gasteiger partial charge is 0.132 e. The van der Waals surface area contributed by atoms with Crippen molar-refractivity contribution < 1.29 is 4.74 Å². The molecule has 2 aromatic carbocycles. The molecule has 3 aromatic rings. The number of rotatable bonds is 3. The number of ether oxygens (including phenoxy) is 1. The Hall–Kier alpha value is -1.08. The Labute approximate surface area is 139 Å². The molecule has 1 heterocycles. The zero-order valence-electron chi connectivity index (χ0n) is 10.8. The van der Waals surface area contributed by atoms with Crippen molar-refractivity contribution in [1.29, 1.82) is 0 Å². The summed E-state index contributed by atoms with van der Waals surface area (Å²) in [5.74, 6) is 0.872. The third kappa shape index (κ3) is 2.56. The molecule has 0 fully saturated rings. The molecule has 0 aliphatic heterocycles. The maximum Gasteiger partial charge on any atom is 0.132 e. The minimum atomic E-state index is 0.750. The van der Waals surface area contributed by atoms with Crippen LogP contribution in [0.2, 0.25) is 0 Å². The number of hydrogen-bond acceptors (Lipinski definition) is 2. The monoisotopic (exact) mass is 442 g/mol. The van der Waals surface area contributed by atoms with Crippen LogP contribution in [0.1, 0.15) is 5.56 Å². The van der Waals surface area contributed by atoms with Gasteiger partial charge in [-0.05, 0) is 68.3 Å². The number of halogens is 2. The highest BCUT2D eigenvalue weighted by Gasteiger charge is 2.11. The van der Waals surface area contributed by atoms with Gasteiger partial charge in [-0.25, -0.2) is 0 Å². The highest BCUT2D eigenvalue weighted by molar-refractivity contribution is 14.1. The highest BCUT2D eigenvalue weighted by atomic mass is 127. The average molecular weight is 443 g/mol. The summed E-state index contributed by atoms with van der Waals surface area (Å²) in [6, 6.07) is 14.3. The van der Waals surface area contributed by atoms with E-state index < -0.39 is 0 Å². The lowest BCUT2D eigenvalue weighted by molar-refractivity contribution is 0.414. The van der Waals surface area contributed by atoms with Gasteiger partial charge in [0.15, 0.2) is 0 Å². The topological polar surface area (TPSA) is 27.1 Å². The lowest BCUT2D eigenvalue weighted by Crippen LogP contribution is -2.01. The molecule has 0 atom stereocenters. The fraction of sp³-hybridized carbons (Fsp3) is 0.133. The van der Waals surface area contributed by atoms with E-state index in [2.05, 4.69) is 61.8 Å². The van der Waals surface area contributed by atoms with E-state index in [-0.39, 0.29) is 0 Å². The molecule has 3 rings (SSSR count). The van der Waals surface area contributed by atoms with Gasteiger partial charge in [0.2, 0.25) is 0 Å². The van der Waals surface area contributed by atoms with E-state index in [0.717, 1.165) is 26.0 Å². The van der Waals surface area contributed by atoms with Gasteiger partial charge >= 0.3 is 0 Å². The molecular formula is C15H12BrIN2O. The number of hydrogen-bond donors (Lipinski definition) is 0. The Balaban J connectivity index is 2.00. The van der Waals surface area contributed by atoms with Gasteiger partial charge in [0.1, 0.15) is 9.45 Å². The second-order valence-corrected chi connectivity index (χ2v) is 6.31. The van der Waals surface area contributed by atoms with Crippen LogP contribution >= 0.6 is 38.5 Å². The van der Waals surface area contributed by atoms with Crippen LogP contribution in [-0.2, 0) is 6.54 Å². The van der Waals surface area contributed by atoms with Crippen molar-refractivity contribution in [2.24, 2.45) is 0 Å². The van der Waals surface area contributed by atoms with E-state index >= 15 is 0 Å². The minimum Gasteiger partial charge on any atom is -0.497 e. The average Bonchev–Trinajstić information content (AvgIpc) is 2.77. The summed E-state index contributed by atoms with van der Waals surface area (Å²) in [7, 11) is 1.68. The Morgan fingerprint density at radius 1 is 1.20 bits per heavy atom. The predicted octanol–water partition coefficient (Wildman–Crippen LogP) is 4.46. The van der Waals surface area contributed by atoms with E-state index in [9.17, 15) is 0 Å². The third-order valence-corrected chi connectivity index (χ3v) is 4.59. The first-order valence-corrected chi connectivity index (χ1v) is 7.99. The minimum absolute atomic E-state index is 0.750. The predicted molar refractivity (Wildman–Crippen MR) is 92.2 cm³/mol. The standard InChI is InChI=1S/C15H12BrIN2O/c1-20-11-7-5-10(6-8-11)9-19-13-4-2-3-12(16)14(13)15(17)18-19/h2-8H,9H2,1H3. The summed E-state index contributed by atoms with van der Waals surface area (Å²) in [6.07, 6.45) is 0. The van der Waals surface area contributed by atoms with Gasteiger partial charge in [0.05, 0.1) is 19.2 Å². The molecular weight excluding hydrogens is 431 g/mol. The van der Waals surface area contributed by atoms with Crippen molar-refractivity contribution in [2.45, 2.75) is 6.54 Å². The van der Waals surface area contributed by atoms with Crippen molar-refractivity contribution in [2.75, 3.05) is 7.11 Å². The van der Waals surface area contributed by atoms with E-state index in [1.807, 2.05) is 28.9 Å². The molecule has 0 radical (unpaired) electrons. The van der Waals surface area contributed by atoms with Crippen LogP contribution in [0.5, 0.6) is 5.75 Å². The first kappa shape index (κ1) is 13.9. The lowest BCUT2D eigenvalue weighted by atomic mass is 10.2. The summed E-state index contributed by atoms with van der Waals surface area (Å²) >= 11 is 5.87. The molecule has 0 spiro atoms. The molecule has 0 amide bonds. The van der Waals surface area contributed by atoms with Gasteiger partial charge in [-0.1, -0.05) is 18.2 Å². The molecule has 0 bridgehead atoms. The second kappa shape index (κ2) is 5.73. The quantitative estimate of drug-likeness (QED) is 0.560. The molecule has 0 saturated carbocycles. The molecule has 5 heteroatoms. The van der Waals surface area contributed by atoms with Crippen molar-refractivity contribution in [3.05, 3.63) is 56.2 Å². The molecule has 0 saturated heterocycles. The summed E-state index contributed by atoms with van der Waals surface area (Å²) in [4.78, 5) is 0. The lowest BCUT2D eigenvalue weighted by Gasteiger charge is -2.05. The maximum absolute atomic E-state index is 5.18. The first-order chi connectivity index (χ1) is 9.69. The number of aromatic nitrogens is 2. The summed E-state index contributed by atoms with van der Waals surface area (Å²) in [5.41, 5.74) is 2.34. The largest absolute Gasteiger partial charge is 0.497 e. The fourth-order valence-electron chi connectivity index (χ4n) is 2.17. The summed E-state index contributed by atoms with van der Waals surface area (Å²) in [5, 5.41) is 5.80. The normalized spacial score (nSPS) is 10.9. The van der Waals surface area contributed by atoms with Crippen LogP contribution in [0.15, 0.2) is 46.9 Å². The molecule has 20 heavy (non-hydrogen) atoms. The highest BCUT2D eigenvalue weighted by Crippen LogP contribution is 2.28. The number of nitrogens with zero attached hydrogens (tertiary/aromatic N) is 2. The molecule has 1 aromatic heterocycles. The SMILES string of the molecule is COc1ccc(Cn2nc(I)c3c(Br)cccc32)cc1. The summed E-state index contributed by atoms with van der Waals surface area (Å²) in [6.45, 7) is 0.750. The Kier molecular flexibility index (Phi) is 3.98. The number of methoxy groups -OCH3 is 1. The second-order valence-electron chi connectivity index (χ2n) is 4.43. The van der Waals surface area contributed by atoms with E-state index in [0.29, 0.717) is 0 Å². The molecule has 0 unspecified atom stereocenters.